The molecular weight excluding hydrogens is 1440 g/mol. The predicted octanol–water partition coefficient (Wildman–Crippen LogP) is 8.99. The lowest BCUT2D eigenvalue weighted by Crippen LogP contribution is -2.49. The predicted molar refractivity (Wildman–Crippen MR) is 392 cm³/mol. The maximum atomic E-state index is 12.9. The molecule has 13 N–H and O–H groups in total. The van der Waals surface area contributed by atoms with Crippen molar-refractivity contribution in [3.8, 4) is 17.2 Å². The molecule has 0 saturated heterocycles. The summed E-state index contributed by atoms with van der Waals surface area (Å²) < 4.78 is 14.6. The molecule has 104 heavy (non-hydrogen) atoms. The largest absolute Gasteiger partial charge is 0.508 e. The second kappa shape index (κ2) is 38.3. The molecule has 5 aromatic heterocycles. The molecule has 552 valence electrons. The number of aromatic hydroxyl groups is 3. The van der Waals surface area contributed by atoms with Crippen molar-refractivity contribution in [1.29, 1.82) is 0 Å². The Bertz CT molecular complexity index is 4390. The van der Waals surface area contributed by atoms with E-state index < -0.39 is 77.3 Å². The minimum atomic E-state index is -1.35. The van der Waals surface area contributed by atoms with Crippen LogP contribution in [0.15, 0.2) is 126 Å². The van der Waals surface area contributed by atoms with Crippen LogP contribution in [0, 0.1) is 20.8 Å². The number of alkyl carbamates (subject to hydrolysis) is 1. The molecule has 8 rings (SSSR count). The number of thiophene rings is 5. The summed E-state index contributed by atoms with van der Waals surface area (Å²) in [5.74, 6) is -6.24. The van der Waals surface area contributed by atoms with E-state index in [1.165, 1.54) is 49.0 Å². The van der Waals surface area contributed by atoms with Gasteiger partial charge in [0.25, 0.3) is 47.3 Å². The van der Waals surface area contributed by atoms with Crippen molar-refractivity contribution in [3.05, 3.63) is 198 Å². The van der Waals surface area contributed by atoms with Crippen molar-refractivity contribution in [3.63, 3.8) is 0 Å². The number of hydrogen-bond acceptors (Lipinski definition) is 23. The molecule has 0 bridgehead atoms. The van der Waals surface area contributed by atoms with Gasteiger partial charge in [-0.2, -0.15) is 0 Å². The number of benzene rings is 3. The molecule has 9 amide bonds. The second-order valence-corrected chi connectivity index (χ2v) is 29.0. The van der Waals surface area contributed by atoms with E-state index in [4.69, 9.17) is 14.2 Å². The fourth-order valence-electron chi connectivity index (χ4n) is 9.32. The number of methoxy groups -OCH3 is 2. The van der Waals surface area contributed by atoms with E-state index in [2.05, 4.69) is 47.9 Å². The number of aryl methyl sites for hydroxylation is 3. The molecule has 0 aliphatic rings. The molecule has 3 unspecified atom stereocenters. The number of carboxylic acid groups (broad SMARTS) is 1. The fourth-order valence-corrected chi connectivity index (χ4v) is 13.5. The number of carboxylic acids is 1. The zero-order valence-corrected chi connectivity index (χ0v) is 62.2. The molecule has 0 fully saturated rings. The summed E-state index contributed by atoms with van der Waals surface area (Å²) in [5.41, 5.74) is 3.08. The quantitative estimate of drug-likeness (QED) is 0.0177. The Morgan fingerprint density at radius 3 is 1.01 bits per heavy atom. The van der Waals surface area contributed by atoms with Crippen molar-refractivity contribution in [2.45, 2.75) is 104 Å². The number of hydrogen-bond donors (Lipinski definition) is 13. The van der Waals surface area contributed by atoms with Crippen molar-refractivity contribution in [2.75, 3.05) is 33.9 Å². The van der Waals surface area contributed by atoms with Crippen LogP contribution in [0.2, 0.25) is 0 Å². The van der Waals surface area contributed by atoms with Crippen molar-refractivity contribution in [2.24, 2.45) is 0 Å². The van der Waals surface area contributed by atoms with E-state index in [-0.39, 0.29) is 92.2 Å². The van der Waals surface area contributed by atoms with Crippen molar-refractivity contribution >= 4 is 128 Å². The number of phenols is 3. The Hall–Kier alpha value is -11.0. The molecule has 0 saturated carbocycles. The van der Waals surface area contributed by atoms with E-state index in [1.54, 1.807) is 176 Å². The SMILES string of the molecule is COC(=O)[C@H](CNC(=O)OC(C)(C)C)NC(=O)c1sc(C(=O)NC(C)c2cccc(O)c2)cc1C.COC(=O)[C@H](CNC(=O)c1cccs1)NC(=O)c1sc(C(=O)NC(C)c2cccc(O)c2)cc1C.Cc1cc(C(=O)NC(C)c2cccc(O)c2)sc1C(=O)N[C@@H](CNC(=O)c1cccs1)C(=O)O. The molecular formula is C71H79N9O19S5. The number of amides is 9. The van der Waals surface area contributed by atoms with Gasteiger partial charge in [0.15, 0.2) is 0 Å². The molecule has 6 atom stereocenters. The van der Waals surface area contributed by atoms with Gasteiger partial charge in [0.2, 0.25) is 0 Å². The first kappa shape index (κ1) is 82.0. The number of ether oxygens (including phenoxy) is 3. The van der Waals surface area contributed by atoms with Gasteiger partial charge in [-0.05, 0) is 173 Å². The van der Waals surface area contributed by atoms with E-state index >= 15 is 0 Å². The van der Waals surface area contributed by atoms with E-state index in [0.29, 0.717) is 41.8 Å². The molecule has 0 aliphatic heterocycles. The number of carbonyl (C=O) groups is 12. The molecule has 28 nitrogen and oxygen atoms in total. The average molecular weight is 1520 g/mol. The van der Waals surface area contributed by atoms with Crippen molar-refractivity contribution < 1.29 is 92.2 Å². The summed E-state index contributed by atoms with van der Waals surface area (Å²) in [5, 5.41) is 65.4. The van der Waals surface area contributed by atoms with Crippen LogP contribution >= 0.6 is 56.7 Å². The third-order valence-corrected chi connectivity index (χ3v) is 20.1. The van der Waals surface area contributed by atoms with Crippen LogP contribution in [-0.2, 0) is 28.6 Å². The normalized spacial score (nSPS) is 12.5. The first-order valence-electron chi connectivity index (χ1n) is 31.7. The molecule has 3 aromatic carbocycles. The van der Waals surface area contributed by atoms with Crippen LogP contribution in [0.1, 0.15) is 170 Å². The Kier molecular flexibility index (Phi) is 30.2. The van der Waals surface area contributed by atoms with Gasteiger partial charge in [-0.15, -0.1) is 56.7 Å². The summed E-state index contributed by atoms with van der Waals surface area (Å²) in [6.45, 7) is 14.7. The van der Waals surface area contributed by atoms with Gasteiger partial charge in [0.05, 0.1) is 77.9 Å². The summed E-state index contributed by atoms with van der Waals surface area (Å²) in [4.78, 5) is 151. The zero-order chi connectivity index (χ0) is 76.7. The van der Waals surface area contributed by atoms with Gasteiger partial charge in [-0.1, -0.05) is 48.5 Å². The lowest BCUT2D eigenvalue weighted by Gasteiger charge is -2.21. The van der Waals surface area contributed by atoms with Crippen LogP contribution in [0.3, 0.4) is 0 Å². The molecule has 0 aliphatic carbocycles. The van der Waals surface area contributed by atoms with Crippen LogP contribution in [0.4, 0.5) is 4.79 Å². The lowest BCUT2D eigenvalue weighted by molar-refractivity contribution is -0.143. The van der Waals surface area contributed by atoms with Crippen LogP contribution in [0.5, 0.6) is 17.2 Å². The smallest absolute Gasteiger partial charge is 0.407 e. The average Bonchev–Trinajstić information content (AvgIpc) is 1.69. The van der Waals surface area contributed by atoms with Gasteiger partial charge in [-0.3, -0.25) is 38.4 Å². The third kappa shape index (κ3) is 24.6. The molecule has 8 aromatic rings. The van der Waals surface area contributed by atoms with Gasteiger partial charge in [0.1, 0.15) is 41.0 Å². The number of phenolic OH excluding ortho intramolecular Hbond substituents is 3. The summed E-state index contributed by atoms with van der Waals surface area (Å²) >= 11 is 5.37. The van der Waals surface area contributed by atoms with Crippen molar-refractivity contribution in [1.82, 2.24) is 47.9 Å². The van der Waals surface area contributed by atoms with E-state index in [9.17, 15) is 78.0 Å². The number of carbonyl (C=O) groups excluding carboxylic acids is 11. The van der Waals surface area contributed by atoms with Gasteiger partial charge < -0.3 is 82.5 Å². The molecule has 0 radical (unpaired) electrons. The monoisotopic (exact) mass is 1520 g/mol. The van der Waals surface area contributed by atoms with Crippen LogP contribution in [0.25, 0.3) is 0 Å². The van der Waals surface area contributed by atoms with E-state index in [0.717, 1.165) is 45.1 Å². The fraction of sp³-hybridized carbons (Fsp3) is 0.296. The topological polar surface area (TPSA) is 422 Å². The minimum Gasteiger partial charge on any atom is -0.508 e. The Morgan fingerprint density at radius 1 is 0.404 bits per heavy atom. The first-order valence-corrected chi connectivity index (χ1v) is 35.9. The Morgan fingerprint density at radius 2 is 0.721 bits per heavy atom. The molecule has 5 heterocycles. The standard InChI is InChI=1S/C24H31N3O7S.C24H25N3O6S2.C23H23N3O6S2/c1-13-10-18(20(29)26-14(2)15-8-7-9-16(28)11-15)35-19(13)21(30)27-17(22(31)33-6)12-25-23(32)34-24(3,4)5;1-13-10-19(22(30)26-14(2)15-6-4-7-16(28)11-15)35-20(13)23(31)27-17(24(32)33-3)12-25-21(29)18-8-5-9-34-18;1-12-9-18(21(29)25-13(2)14-5-3-6-15(27)10-14)34-19(12)22(30)26-16(23(31)32)11-24-20(28)17-7-4-8-33-17/h7-11,14,17,28H,12H2,1-6H3,(H,25,32)(H,26,29)(H,27,30);4-11,14,17,28H,12H2,1-3H3,(H,25,29)(H,26,30)(H,27,31);3-10,13,16,27H,11H2,1-2H3,(H,24,28)(H,25,29)(H,26,30)(H,31,32)/t2*14?,17-;13?,16-/m000/s1. The van der Waals surface area contributed by atoms with Crippen LogP contribution in [-0.4, -0.2) is 149 Å². The third-order valence-electron chi connectivity index (χ3n) is 14.7. The highest BCUT2D eigenvalue weighted by molar-refractivity contribution is 7.17. The summed E-state index contributed by atoms with van der Waals surface area (Å²) in [7, 11) is 2.36. The first-order chi connectivity index (χ1) is 49.1. The van der Waals surface area contributed by atoms with Gasteiger partial charge >= 0.3 is 24.0 Å². The van der Waals surface area contributed by atoms with Gasteiger partial charge in [-0.25, -0.2) is 19.2 Å². The highest BCUT2D eigenvalue weighted by atomic mass is 32.1. The number of esters is 2. The maximum Gasteiger partial charge on any atom is 0.407 e. The maximum absolute atomic E-state index is 12.9. The highest BCUT2D eigenvalue weighted by Crippen LogP contribution is 2.28. The number of aliphatic carboxylic acids is 1. The molecule has 33 heteroatoms. The van der Waals surface area contributed by atoms with Crippen LogP contribution < -0.4 is 47.9 Å². The highest BCUT2D eigenvalue weighted by Gasteiger charge is 2.30. The Labute approximate surface area is 617 Å². The summed E-state index contributed by atoms with van der Waals surface area (Å²) in [6.07, 6.45) is -0.743. The number of nitrogens with one attached hydrogen (secondary N) is 9. The zero-order valence-electron chi connectivity index (χ0n) is 58.2. The second-order valence-electron chi connectivity index (χ2n) is 24.0. The molecule has 0 spiro atoms. The lowest BCUT2D eigenvalue weighted by atomic mass is 10.1. The summed E-state index contributed by atoms with van der Waals surface area (Å²) in [6, 6.07) is 26.3. The van der Waals surface area contributed by atoms with E-state index in [1.807, 2.05) is 0 Å². The Balaban J connectivity index is 0.000000245. The minimum absolute atomic E-state index is 0.0871. The number of rotatable bonds is 26. The van der Waals surface area contributed by atoms with Gasteiger partial charge in [0, 0.05) is 13.1 Å².